The number of nitrogen functional groups attached to an aromatic ring is 1. The molecule has 1 aromatic rings. The SMILES string of the molecule is CCCN(CC)C(=O)c1sc(N2CCN(C)CC2)nc1N. The average Bonchev–Trinajstić information content (AvgIpc) is 2.86. The quantitative estimate of drug-likeness (QED) is 0.889. The lowest BCUT2D eigenvalue weighted by Crippen LogP contribution is -2.44. The molecule has 21 heavy (non-hydrogen) atoms. The number of nitrogens with two attached hydrogens (primary N) is 1. The molecular weight excluding hydrogens is 286 g/mol. The second-order valence-corrected chi connectivity index (χ2v) is 6.36. The maximum absolute atomic E-state index is 12.5. The van der Waals surface area contributed by atoms with Crippen LogP contribution >= 0.6 is 11.3 Å². The molecule has 1 fully saturated rings. The largest absolute Gasteiger partial charge is 0.382 e. The van der Waals surface area contributed by atoms with E-state index in [4.69, 9.17) is 5.73 Å². The molecule has 7 heteroatoms. The summed E-state index contributed by atoms with van der Waals surface area (Å²) in [6, 6.07) is 0. The molecule has 0 unspecified atom stereocenters. The highest BCUT2D eigenvalue weighted by atomic mass is 32.1. The van der Waals surface area contributed by atoms with Crippen LogP contribution in [-0.2, 0) is 0 Å². The first kappa shape index (κ1) is 16.0. The van der Waals surface area contributed by atoms with Crippen LogP contribution in [0.3, 0.4) is 0 Å². The fraction of sp³-hybridized carbons (Fsp3) is 0.714. The van der Waals surface area contributed by atoms with E-state index in [2.05, 4.69) is 28.8 Å². The van der Waals surface area contributed by atoms with Crippen molar-refractivity contribution >= 4 is 28.2 Å². The van der Waals surface area contributed by atoms with Gasteiger partial charge < -0.3 is 20.4 Å². The van der Waals surface area contributed by atoms with Crippen molar-refractivity contribution in [2.75, 3.05) is 56.9 Å². The molecule has 2 N–H and O–H groups in total. The molecule has 1 aliphatic rings. The minimum Gasteiger partial charge on any atom is -0.382 e. The van der Waals surface area contributed by atoms with Crippen molar-refractivity contribution in [3.8, 4) is 0 Å². The lowest BCUT2D eigenvalue weighted by molar-refractivity contribution is 0.0770. The first-order valence-corrected chi connectivity index (χ1v) is 8.37. The molecule has 1 aromatic heterocycles. The number of amides is 1. The summed E-state index contributed by atoms with van der Waals surface area (Å²) < 4.78 is 0. The third-order valence-electron chi connectivity index (χ3n) is 3.77. The van der Waals surface area contributed by atoms with E-state index in [1.54, 1.807) is 0 Å². The summed E-state index contributed by atoms with van der Waals surface area (Å²) in [5.41, 5.74) is 5.98. The number of rotatable bonds is 5. The number of carbonyl (C=O) groups is 1. The summed E-state index contributed by atoms with van der Waals surface area (Å²) >= 11 is 1.43. The van der Waals surface area contributed by atoms with Gasteiger partial charge in [-0.1, -0.05) is 18.3 Å². The zero-order valence-corrected chi connectivity index (χ0v) is 13.9. The van der Waals surface area contributed by atoms with Crippen LogP contribution in [0.5, 0.6) is 0 Å². The van der Waals surface area contributed by atoms with Crippen LogP contribution in [0.4, 0.5) is 10.9 Å². The lowest BCUT2D eigenvalue weighted by atomic mass is 10.3. The van der Waals surface area contributed by atoms with Crippen molar-refractivity contribution in [2.24, 2.45) is 0 Å². The molecule has 1 amide bonds. The highest BCUT2D eigenvalue weighted by Crippen LogP contribution is 2.29. The summed E-state index contributed by atoms with van der Waals surface area (Å²) in [7, 11) is 2.12. The summed E-state index contributed by atoms with van der Waals surface area (Å²) in [5, 5.41) is 0.872. The van der Waals surface area contributed by atoms with Crippen LogP contribution in [0.15, 0.2) is 0 Å². The minimum absolute atomic E-state index is 0.00901. The molecule has 6 nitrogen and oxygen atoms in total. The van der Waals surface area contributed by atoms with E-state index in [0.717, 1.165) is 44.3 Å². The van der Waals surface area contributed by atoms with Gasteiger partial charge >= 0.3 is 0 Å². The predicted octanol–water partition coefficient (Wildman–Crippen LogP) is 1.35. The number of carbonyl (C=O) groups excluding carboxylic acids is 1. The third-order valence-corrected chi connectivity index (χ3v) is 4.89. The zero-order chi connectivity index (χ0) is 15.4. The molecule has 118 valence electrons. The van der Waals surface area contributed by atoms with Gasteiger partial charge in [-0.2, -0.15) is 0 Å². The second kappa shape index (κ2) is 7.09. The first-order valence-electron chi connectivity index (χ1n) is 7.55. The normalized spacial score (nSPS) is 16.2. The molecular formula is C14H25N5OS. The summed E-state index contributed by atoms with van der Waals surface area (Å²) in [4.78, 5) is 23.9. The van der Waals surface area contributed by atoms with Gasteiger partial charge in [0.2, 0.25) is 0 Å². The molecule has 1 saturated heterocycles. The standard InChI is InChI=1S/C14H25N5OS/c1-4-6-18(5-2)13(20)11-12(15)16-14(21-11)19-9-7-17(3)8-10-19/h4-10,15H2,1-3H3. The maximum atomic E-state index is 12.5. The van der Waals surface area contributed by atoms with Crippen LogP contribution in [0, 0.1) is 0 Å². The molecule has 2 rings (SSSR count). The zero-order valence-electron chi connectivity index (χ0n) is 13.1. The monoisotopic (exact) mass is 311 g/mol. The highest BCUT2D eigenvalue weighted by molar-refractivity contribution is 7.18. The predicted molar refractivity (Wildman–Crippen MR) is 88.1 cm³/mol. The topological polar surface area (TPSA) is 65.7 Å². The summed E-state index contributed by atoms with van der Waals surface area (Å²) in [5.74, 6) is 0.378. The van der Waals surface area contributed by atoms with E-state index in [1.165, 1.54) is 11.3 Å². The lowest BCUT2D eigenvalue weighted by Gasteiger charge is -2.32. The van der Waals surface area contributed by atoms with E-state index in [1.807, 2.05) is 11.8 Å². The molecule has 1 aliphatic heterocycles. The van der Waals surface area contributed by atoms with Crippen LogP contribution in [0.1, 0.15) is 29.9 Å². The van der Waals surface area contributed by atoms with E-state index in [9.17, 15) is 4.79 Å². The van der Waals surface area contributed by atoms with Crippen LogP contribution in [0.25, 0.3) is 0 Å². The number of thiazole rings is 1. The summed E-state index contributed by atoms with van der Waals surface area (Å²) in [6.45, 7) is 9.42. The Balaban J connectivity index is 2.13. The minimum atomic E-state index is 0.00901. The van der Waals surface area contributed by atoms with Gasteiger partial charge in [0.25, 0.3) is 5.91 Å². The number of hydrogen-bond acceptors (Lipinski definition) is 6. The van der Waals surface area contributed by atoms with Gasteiger partial charge in [-0.05, 0) is 20.4 Å². The van der Waals surface area contributed by atoms with Crippen LogP contribution < -0.4 is 10.6 Å². The van der Waals surface area contributed by atoms with Gasteiger partial charge in [0, 0.05) is 39.3 Å². The second-order valence-electron chi connectivity index (χ2n) is 5.39. The Morgan fingerprint density at radius 2 is 2.00 bits per heavy atom. The van der Waals surface area contributed by atoms with E-state index in [-0.39, 0.29) is 5.91 Å². The van der Waals surface area contributed by atoms with Crippen molar-refractivity contribution in [1.29, 1.82) is 0 Å². The Hall–Kier alpha value is -1.34. The smallest absolute Gasteiger partial charge is 0.267 e. The number of nitrogens with zero attached hydrogens (tertiary/aromatic N) is 4. The maximum Gasteiger partial charge on any atom is 0.267 e. The number of aromatic nitrogens is 1. The molecule has 0 radical (unpaired) electrons. The Morgan fingerprint density at radius 1 is 1.33 bits per heavy atom. The highest BCUT2D eigenvalue weighted by Gasteiger charge is 2.24. The van der Waals surface area contributed by atoms with Crippen molar-refractivity contribution in [3.63, 3.8) is 0 Å². The van der Waals surface area contributed by atoms with Crippen molar-refractivity contribution in [1.82, 2.24) is 14.8 Å². The molecule has 0 bridgehead atoms. The van der Waals surface area contributed by atoms with Gasteiger partial charge in [-0.15, -0.1) is 0 Å². The molecule has 0 atom stereocenters. The van der Waals surface area contributed by atoms with Crippen LogP contribution in [0.2, 0.25) is 0 Å². The van der Waals surface area contributed by atoms with Crippen molar-refractivity contribution < 1.29 is 4.79 Å². The fourth-order valence-electron chi connectivity index (χ4n) is 2.42. The van der Waals surface area contributed by atoms with Gasteiger partial charge in [0.1, 0.15) is 10.7 Å². The number of piperazine rings is 1. The molecule has 0 spiro atoms. The Bertz CT molecular complexity index is 482. The fourth-order valence-corrected chi connectivity index (χ4v) is 3.43. The molecule has 2 heterocycles. The average molecular weight is 311 g/mol. The Morgan fingerprint density at radius 3 is 2.57 bits per heavy atom. The van der Waals surface area contributed by atoms with Gasteiger partial charge in [0.05, 0.1) is 0 Å². The molecule has 0 saturated carbocycles. The third kappa shape index (κ3) is 3.65. The Labute approximate surface area is 130 Å². The van der Waals surface area contributed by atoms with Crippen LogP contribution in [-0.4, -0.2) is 67.0 Å². The Kier molecular flexibility index (Phi) is 5.41. The van der Waals surface area contributed by atoms with Gasteiger partial charge in [-0.25, -0.2) is 4.98 Å². The van der Waals surface area contributed by atoms with E-state index >= 15 is 0 Å². The molecule has 0 aliphatic carbocycles. The number of anilines is 2. The number of likely N-dealkylation sites (N-methyl/N-ethyl adjacent to an activating group) is 1. The first-order chi connectivity index (χ1) is 10.1. The van der Waals surface area contributed by atoms with E-state index < -0.39 is 0 Å². The summed E-state index contributed by atoms with van der Waals surface area (Å²) in [6.07, 6.45) is 0.948. The van der Waals surface area contributed by atoms with Crippen molar-refractivity contribution in [3.05, 3.63) is 4.88 Å². The van der Waals surface area contributed by atoms with Gasteiger partial charge in [-0.3, -0.25) is 4.79 Å². The number of hydrogen-bond donors (Lipinski definition) is 1. The van der Waals surface area contributed by atoms with Crippen molar-refractivity contribution in [2.45, 2.75) is 20.3 Å². The van der Waals surface area contributed by atoms with Gasteiger partial charge in [0.15, 0.2) is 5.13 Å². The van der Waals surface area contributed by atoms with E-state index in [0.29, 0.717) is 17.2 Å². The molecule has 0 aromatic carbocycles.